The molecule has 3 heteroatoms. The second-order valence-corrected chi connectivity index (χ2v) is 2.17. The zero-order valence-electron chi connectivity index (χ0n) is 6.58. The predicted molar refractivity (Wildman–Crippen MR) is 44.9 cm³/mol. The maximum absolute atomic E-state index is 5.42. The Labute approximate surface area is 68.0 Å². The minimum atomic E-state index is 0.508. The molecule has 2 radical (unpaired) electrons. The van der Waals surface area contributed by atoms with Gasteiger partial charge in [-0.3, -0.25) is 4.98 Å². The molecular weight excluding hydrogens is 137 g/mol. The van der Waals surface area contributed by atoms with Crippen molar-refractivity contribution < 1.29 is 4.74 Å². The van der Waals surface area contributed by atoms with Crippen LogP contribution in [0.1, 0.15) is 12.5 Å². The van der Waals surface area contributed by atoms with Crippen LogP contribution in [0.3, 0.4) is 0 Å². The second-order valence-electron chi connectivity index (χ2n) is 2.17. The number of rotatable bonds is 3. The Morgan fingerprint density at radius 2 is 2.36 bits per heavy atom. The van der Waals surface area contributed by atoms with Gasteiger partial charge in [-0.2, -0.15) is 0 Å². The van der Waals surface area contributed by atoms with Gasteiger partial charge in [0.15, 0.2) is 0 Å². The van der Waals surface area contributed by atoms with Crippen LogP contribution in [0.5, 0.6) is 5.75 Å². The van der Waals surface area contributed by atoms with Gasteiger partial charge in [0.25, 0.3) is 0 Å². The van der Waals surface area contributed by atoms with E-state index >= 15 is 0 Å². The molecule has 0 aliphatic carbocycles. The molecule has 0 unspecified atom stereocenters. The summed E-state index contributed by atoms with van der Waals surface area (Å²) in [5, 5.41) is 0. The van der Waals surface area contributed by atoms with Gasteiger partial charge in [0, 0.05) is 6.20 Å². The third kappa shape index (κ3) is 2.26. The van der Waals surface area contributed by atoms with Crippen LogP contribution < -0.4 is 4.74 Å². The average Bonchev–Trinajstić information content (AvgIpc) is 2.06. The molecule has 0 aromatic carbocycles. The van der Waals surface area contributed by atoms with Crippen molar-refractivity contribution in [1.29, 1.82) is 0 Å². The third-order valence-corrected chi connectivity index (χ3v) is 1.32. The van der Waals surface area contributed by atoms with Gasteiger partial charge in [-0.25, -0.2) is 0 Å². The molecular formula is C8H10BNO. The van der Waals surface area contributed by atoms with Crippen LogP contribution in [0.2, 0.25) is 0 Å². The molecule has 0 aliphatic rings. The SMILES string of the molecule is [B]Cc1cncc(OCC)c1. The van der Waals surface area contributed by atoms with Crippen molar-refractivity contribution in [2.24, 2.45) is 0 Å². The summed E-state index contributed by atoms with van der Waals surface area (Å²) in [5.74, 6) is 0.787. The molecule has 0 fully saturated rings. The smallest absolute Gasteiger partial charge is 0.137 e. The molecule has 1 rings (SSSR count). The van der Waals surface area contributed by atoms with Crippen LogP contribution in [0.15, 0.2) is 18.5 Å². The van der Waals surface area contributed by atoms with E-state index in [1.165, 1.54) is 0 Å². The molecule has 1 aromatic rings. The van der Waals surface area contributed by atoms with Crippen molar-refractivity contribution in [2.45, 2.75) is 13.2 Å². The number of pyridine rings is 1. The molecule has 0 saturated carbocycles. The van der Waals surface area contributed by atoms with Crippen LogP contribution >= 0.6 is 0 Å². The van der Waals surface area contributed by atoms with Crippen LogP contribution in [0, 0.1) is 0 Å². The van der Waals surface area contributed by atoms with E-state index in [2.05, 4.69) is 4.98 Å². The van der Waals surface area contributed by atoms with Gasteiger partial charge in [-0.15, -0.1) is 0 Å². The molecule has 11 heavy (non-hydrogen) atoms. The molecule has 56 valence electrons. The fourth-order valence-corrected chi connectivity index (χ4v) is 0.821. The number of ether oxygens (including phenoxy) is 1. The number of aromatic nitrogens is 1. The van der Waals surface area contributed by atoms with Crippen molar-refractivity contribution in [2.75, 3.05) is 6.61 Å². The zero-order valence-corrected chi connectivity index (χ0v) is 6.58. The van der Waals surface area contributed by atoms with Crippen LogP contribution in [-0.2, 0) is 6.32 Å². The first kappa shape index (κ1) is 8.11. The maximum Gasteiger partial charge on any atom is 0.137 e. The predicted octanol–water partition coefficient (Wildman–Crippen LogP) is 1.15. The van der Waals surface area contributed by atoms with Crippen LogP contribution in [0.4, 0.5) is 0 Å². The molecule has 0 spiro atoms. The van der Waals surface area contributed by atoms with Crippen molar-refractivity contribution in [3.05, 3.63) is 24.0 Å². The van der Waals surface area contributed by atoms with Gasteiger partial charge in [0.05, 0.1) is 20.7 Å². The van der Waals surface area contributed by atoms with Gasteiger partial charge in [-0.05, 0) is 18.6 Å². The lowest BCUT2D eigenvalue weighted by Crippen LogP contribution is -1.93. The lowest BCUT2D eigenvalue weighted by molar-refractivity contribution is 0.338. The summed E-state index contributed by atoms with van der Waals surface area (Å²) >= 11 is 0. The lowest BCUT2D eigenvalue weighted by Gasteiger charge is -2.02. The fourth-order valence-electron chi connectivity index (χ4n) is 0.821. The molecule has 1 heterocycles. The molecule has 0 atom stereocenters. The van der Waals surface area contributed by atoms with E-state index in [1.807, 2.05) is 13.0 Å². The Balaban J connectivity index is 2.74. The van der Waals surface area contributed by atoms with Crippen molar-refractivity contribution >= 4 is 7.85 Å². The maximum atomic E-state index is 5.42. The van der Waals surface area contributed by atoms with Gasteiger partial charge in [0.1, 0.15) is 5.75 Å². The quantitative estimate of drug-likeness (QED) is 0.598. The number of hydrogen-bond donors (Lipinski definition) is 0. The summed E-state index contributed by atoms with van der Waals surface area (Å²) in [5.41, 5.74) is 0.996. The van der Waals surface area contributed by atoms with E-state index in [1.54, 1.807) is 12.4 Å². The average molecular weight is 147 g/mol. The minimum Gasteiger partial charge on any atom is -0.492 e. The fraction of sp³-hybridized carbons (Fsp3) is 0.375. The second kappa shape index (κ2) is 4.01. The van der Waals surface area contributed by atoms with Gasteiger partial charge in [-0.1, -0.05) is 6.32 Å². The van der Waals surface area contributed by atoms with Gasteiger partial charge >= 0.3 is 0 Å². The Morgan fingerprint density at radius 3 is 3.00 bits per heavy atom. The van der Waals surface area contributed by atoms with Crippen LogP contribution in [0.25, 0.3) is 0 Å². The first-order valence-electron chi connectivity index (χ1n) is 3.63. The Hall–Kier alpha value is -0.985. The van der Waals surface area contributed by atoms with Gasteiger partial charge < -0.3 is 4.74 Å². The van der Waals surface area contributed by atoms with E-state index in [4.69, 9.17) is 12.6 Å². The lowest BCUT2D eigenvalue weighted by atomic mass is 9.99. The highest BCUT2D eigenvalue weighted by atomic mass is 16.5. The first-order chi connectivity index (χ1) is 5.36. The topological polar surface area (TPSA) is 22.1 Å². The molecule has 2 nitrogen and oxygen atoms in total. The summed E-state index contributed by atoms with van der Waals surface area (Å²) < 4.78 is 5.23. The molecule has 0 amide bonds. The van der Waals surface area contributed by atoms with Crippen molar-refractivity contribution in [1.82, 2.24) is 4.98 Å². The third-order valence-electron chi connectivity index (χ3n) is 1.32. The van der Waals surface area contributed by atoms with Gasteiger partial charge in [0.2, 0.25) is 0 Å². The van der Waals surface area contributed by atoms with Crippen LogP contribution in [-0.4, -0.2) is 19.4 Å². The molecule has 0 saturated heterocycles. The number of hydrogen-bond acceptors (Lipinski definition) is 2. The van der Waals surface area contributed by atoms with Crippen molar-refractivity contribution in [3.63, 3.8) is 0 Å². The highest BCUT2D eigenvalue weighted by Gasteiger charge is 1.93. The summed E-state index contributed by atoms with van der Waals surface area (Å²) in [4.78, 5) is 3.97. The number of nitrogens with zero attached hydrogens (tertiary/aromatic N) is 1. The molecule has 0 bridgehead atoms. The normalized spacial score (nSPS) is 9.55. The highest BCUT2D eigenvalue weighted by Crippen LogP contribution is 2.10. The van der Waals surface area contributed by atoms with E-state index in [0.29, 0.717) is 12.9 Å². The summed E-state index contributed by atoms with van der Waals surface area (Å²) in [6, 6.07) is 1.90. The van der Waals surface area contributed by atoms with E-state index < -0.39 is 0 Å². The zero-order chi connectivity index (χ0) is 8.10. The Bertz CT molecular complexity index is 227. The largest absolute Gasteiger partial charge is 0.492 e. The Morgan fingerprint density at radius 1 is 1.55 bits per heavy atom. The monoisotopic (exact) mass is 147 g/mol. The Kier molecular flexibility index (Phi) is 2.96. The van der Waals surface area contributed by atoms with Crippen molar-refractivity contribution in [3.8, 4) is 5.75 Å². The van der Waals surface area contributed by atoms with E-state index in [-0.39, 0.29) is 0 Å². The summed E-state index contributed by atoms with van der Waals surface area (Å²) in [6.07, 6.45) is 3.93. The highest BCUT2D eigenvalue weighted by molar-refractivity contribution is 6.08. The van der Waals surface area contributed by atoms with E-state index in [9.17, 15) is 0 Å². The standard InChI is InChI=1S/C8H10BNO/c1-2-11-8-3-7(4-9)5-10-6-8/h3,5-6H,2,4H2,1H3. The molecule has 0 aliphatic heterocycles. The molecule has 1 aromatic heterocycles. The summed E-state index contributed by atoms with van der Waals surface area (Å²) in [6.45, 7) is 2.60. The van der Waals surface area contributed by atoms with E-state index in [0.717, 1.165) is 11.3 Å². The minimum absolute atomic E-state index is 0.508. The first-order valence-corrected chi connectivity index (χ1v) is 3.63. The molecule has 0 N–H and O–H groups in total. The summed E-state index contributed by atoms with van der Waals surface area (Å²) in [7, 11) is 5.42.